The molecular formula is C42H75NO5. The highest BCUT2D eigenvalue weighted by molar-refractivity contribution is 6.23. The number of Topliss-reactive ketones (excluding diaryl/α,β-unsaturated/α-hetero) is 2. The summed E-state index contributed by atoms with van der Waals surface area (Å²) in [7, 11) is 0. The molecule has 0 heterocycles. The second-order valence-corrected chi connectivity index (χ2v) is 14.0. The van der Waals surface area contributed by atoms with Crippen molar-refractivity contribution in [2.45, 2.75) is 213 Å². The lowest BCUT2D eigenvalue weighted by atomic mass is 9.71. The molecule has 0 unspecified atom stereocenters. The molecule has 0 saturated carbocycles. The fourth-order valence-corrected chi connectivity index (χ4v) is 6.48. The number of carbonyl (C=O) groups excluding carboxylic acids is 3. The van der Waals surface area contributed by atoms with Crippen LogP contribution < -0.4 is 5.73 Å². The molecule has 6 heteroatoms. The largest absolute Gasteiger partial charge is 0.481 e. The number of carboxylic acids is 1. The Bertz CT molecular complexity index is 825. The zero-order chi connectivity index (χ0) is 35.6. The predicted molar refractivity (Wildman–Crippen MR) is 202 cm³/mol. The fourth-order valence-electron chi connectivity index (χ4n) is 6.48. The van der Waals surface area contributed by atoms with E-state index in [9.17, 15) is 19.2 Å². The number of nitrogens with two attached hydrogens (primary N) is 1. The number of hydrogen-bond acceptors (Lipinski definition) is 4. The van der Waals surface area contributed by atoms with Gasteiger partial charge in [-0.2, -0.15) is 0 Å². The molecule has 3 N–H and O–H groups in total. The van der Waals surface area contributed by atoms with Gasteiger partial charge >= 0.3 is 5.97 Å². The van der Waals surface area contributed by atoms with E-state index in [1.165, 1.54) is 77.0 Å². The number of amides is 1. The van der Waals surface area contributed by atoms with Crippen molar-refractivity contribution in [3.63, 3.8) is 0 Å². The molecule has 1 amide bonds. The molecule has 0 fully saturated rings. The Balaban J connectivity index is 4.45. The Morgan fingerprint density at radius 2 is 0.771 bits per heavy atom. The Hall–Kier alpha value is -2.24. The third-order valence-corrected chi connectivity index (χ3v) is 9.65. The lowest BCUT2D eigenvalue weighted by Gasteiger charge is -2.28. The third kappa shape index (κ3) is 24.8. The second-order valence-electron chi connectivity index (χ2n) is 14.0. The lowest BCUT2D eigenvalue weighted by Crippen LogP contribution is -2.50. The lowest BCUT2D eigenvalue weighted by molar-refractivity contribution is -0.150. The molecule has 0 aliphatic heterocycles. The minimum absolute atomic E-state index is 0.0779. The van der Waals surface area contributed by atoms with E-state index in [4.69, 9.17) is 10.8 Å². The fraction of sp³-hybridized carbons (Fsp3) is 0.810. The van der Waals surface area contributed by atoms with Crippen molar-refractivity contribution in [2.24, 2.45) is 11.1 Å². The summed E-state index contributed by atoms with van der Waals surface area (Å²) in [5.74, 6) is -2.77. The Morgan fingerprint density at radius 3 is 1.08 bits per heavy atom. The number of primary amides is 1. The number of ketones is 2. The first-order chi connectivity index (χ1) is 23.3. The van der Waals surface area contributed by atoms with Gasteiger partial charge in [0.15, 0.2) is 17.0 Å². The van der Waals surface area contributed by atoms with E-state index >= 15 is 0 Å². The van der Waals surface area contributed by atoms with E-state index in [0.29, 0.717) is 12.8 Å². The molecule has 0 bridgehead atoms. The van der Waals surface area contributed by atoms with Crippen LogP contribution in [0.5, 0.6) is 0 Å². The van der Waals surface area contributed by atoms with Crippen molar-refractivity contribution in [1.29, 1.82) is 0 Å². The van der Waals surface area contributed by atoms with Crippen LogP contribution in [0.3, 0.4) is 0 Å². The summed E-state index contributed by atoms with van der Waals surface area (Å²) < 4.78 is 0. The van der Waals surface area contributed by atoms with Gasteiger partial charge in [-0.3, -0.25) is 19.2 Å². The summed E-state index contributed by atoms with van der Waals surface area (Å²) >= 11 is 0. The van der Waals surface area contributed by atoms with Crippen LogP contribution in [0.2, 0.25) is 0 Å². The second kappa shape index (κ2) is 33.3. The first-order valence-electron chi connectivity index (χ1n) is 20.2. The first kappa shape index (κ1) is 45.8. The van der Waals surface area contributed by atoms with Crippen LogP contribution in [0.15, 0.2) is 24.3 Å². The molecule has 0 atom stereocenters. The van der Waals surface area contributed by atoms with Gasteiger partial charge in [0, 0.05) is 19.3 Å². The van der Waals surface area contributed by atoms with Gasteiger partial charge in [0.2, 0.25) is 5.91 Å². The van der Waals surface area contributed by atoms with Gasteiger partial charge in [0.05, 0.1) is 0 Å². The quantitative estimate of drug-likeness (QED) is 0.0387. The smallest absolute Gasteiger partial charge is 0.303 e. The van der Waals surface area contributed by atoms with Gasteiger partial charge in [0.25, 0.3) is 0 Å². The molecule has 0 rings (SSSR count). The van der Waals surface area contributed by atoms with Gasteiger partial charge < -0.3 is 10.8 Å². The summed E-state index contributed by atoms with van der Waals surface area (Å²) in [6, 6.07) is 0. The minimum atomic E-state index is -1.89. The summed E-state index contributed by atoms with van der Waals surface area (Å²) in [5, 5.41) is 9.14. The van der Waals surface area contributed by atoms with Gasteiger partial charge in [-0.1, -0.05) is 141 Å². The van der Waals surface area contributed by atoms with Crippen molar-refractivity contribution in [1.82, 2.24) is 0 Å². The molecule has 0 aliphatic carbocycles. The maximum absolute atomic E-state index is 13.4. The Morgan fingerprint density at radius 1 is 0.458 bits per heavy atom. The normalized spacial score (nSPS) is 12.0. The van der Waals surface area contributed by atoms with Crippen LogP contribution in [0.4, 0.5) is 0 Å². The Kier molecular flexibility index (Phi) is 31.7. The van der Waals surface area contributed by atoms with Crippen molar-refractivity contribution < 1.29 is 24.3 Å². The molecule has 0 radical (unpaired) electrons. The number of rotatable bonds is 37. The summed E-state index contributed by atoms with van der Waals surface area (Å²) in [6.07, 6.45) is 38.9. The summed E-state index contributed by atoms with van der Waals surface area (Å²) in [6.45, 7) is 4.49. The van der Waals surface area contributed by atoms with Crippen molar-refractivity contribution in [3.05, 3.63) is 24.3 Å². The number of carboxylic acid groups (broad SMARTS) is 1. The number of hydrogen-bond donors (Lipinski definition) is 2. The van der Waals surface area contributed by atoms with Crippen molar-refractivity contribution in [3.8, 4) is 0 Å². The molecular weight excluding hydrogens is 598 g/mol. The summed E-state index contributed by atoms with van der Waals surface area (Å²) in [5.41, 5.74) is 3.87. The SMILES string of the molecule is CCCCCCCC/C=C\CCCCCCCC(=O)C(CCCC(=O)O)(C(N)=O)C(=O)CCCCCCC/C=C\CCCCCCCC. The van der Waals surface area contributed by atoms with Gasteiger partial charge in [0.1, 0.15) is 0 Å². The van der Waals surface area contributed by atoms with Gasteiger partial charge in [-0.25, -0.2) is 0 Å². The van der Waals surface area contributed by atoms with Crippen molar-refractivity contribution >= 4 is 23.4 Å². The highest BCUT2D eigenvalue weighted by Crippen LogP contribution is 2.32. The van der Waals surface area contributed by atoms with E-state index in [0.717, 1.165) is 77.0 Å². The standard InChI is InChI=1S/C42H75NO5/c1-3-5-7-9-11-13-15-17-19-21-23-25-27-29-31-34-38(44)42(41(43)48,37-33-36-40(46)47)39(45)35-32-30-28-26-24-22-20-18-16-14-12-10-8-6-4-2/h17-20H,3-16,21-37H2,1-2H3,(H2,43,48)(H,46,47)/b19-17-,20-18-. The number of carbonyl (C=O) groups is 4. The van der Waals surface area contributed by atoms with Crippen LogP contribution in [0, 0.1) is 5.41 Å². The van der Waals surface area contributed by atoms with E-state index in [1.54, 1.807) is 0 Å². The molecule has 0 saturated heterocycles. The molecule has 48 heavy (non-hydrogen) atoms. The highest BCUT2D eigenvalue weighted by Gasteiger charge is 2.49. The molecule has 0 spiro atoms. The van der Waals surface area contributed by atoms with Crippen LogP contribution in [-0.2, 0) is 19.2 Å². The topological polar surface area (TPSA) is 115 Å². The minimum Gasteiger partial charge on any atom is -0.481 e. The van der Waals surface area contributed by atoms with Gasteiger partial charge in [-0.05, 0) is 77.0 Å². The number of unbranched alkanes of at least 4 members (excludes halogenated alkanes) is 22. The molecule has 0 aromatic heterocycles. The first-order valence-corrected chi connectivity index (χ1v) is 20.2. The maximum Gasteiger partial charge on any atom is 0.303 e. The van der Waals surface area contributed by atoms with E-state index < -0.39 is 28.9 Å². The number of aliphatic carboxylic acids is 1. The van der Waals surface area contributed by atoms with Crippen LogP contribution in [0.25, 0.3) is 0 Å². The van der Waals surface area contributed by atoms with E-state index in [2.05, 4.69) is 38.2 Å². The molecule has 278 valence electrons. The Labute approximate surface area is 295 Å². The van der Waals surface area contributed by atoms with Crippen LogP contribution in [0.1, 0.15) is 213 Å². The zero-order valence-corrected chi connectivity index (χ0v) is 31.4. The average molecular weight is 674 g/mol. The summed E-state index contributed by atoms with van der Waals surface area (Å²) in [4.78, 5) is 50.7. The monoisotopic (exact) mass is 674 g/mol. The molecule has 6 nitrogen and oxygen atoms in total. The van der Waals surface area contributed by atoms with Crippen molar-refractivity contribution in [2.75, 3.05) is 0 Å². The number of allylic oxidation sites excluding steroid dienone is 4. The maximum atomic E-state index is 13.4. The average Bonchev–Trinajstić information content (AvgIpc) is 3.06. The van der Waals surface area contributed by atoms with E-state index in [-0.39, 0.29) is 32.1 Å². The van der Waals surface area contributed by atoms with Gasteiger partial charge in [-0.15, -0.1) is 0 Å². The predicted octanol–water partition coefficient (Wildman–Crippen LogP) is 11.9. The highest BCUT2D eigenvalue weighted by atomic mass is 16.4. The van der Waals surface area contributed by atoms with Crippen LogP contribution >= 0.6 is 0 Å². The molecule has 0 aromatic carbocycles. The van der Waals surface area contributed by atoms with Crippen LogP contribution in [-0.4, -0.2) is 28.5 Å². The molecule has 0 aliphatic rings. The third-order valence-electron chi connectivity index (χ3n) is 9.65. The molecule has 0 aromatic rings. The zero-order valence-electron chi connectivity index (χ0n) is 31.4. The van der Waals surface area contributed by atoms with E-state index in [1.807, 2.05) is 0 Å².